The zero-order valence-corrected chi connectivity index (χ0v) is 6.31. The van der Waals surface area contributed by atoms with E-state index in [0.29, 0.717) is 0 Å². The van der Waals surface area contributed by atoms with Gasteiger partial charge >= 0.3 is 0 Å². The molecule has 4 radical (unpaired) electrons. The summed E-state index contributed by atoms with van der Waals surface area (Å²) in [4.78, 5) is 0. The van der Waals surface area contributed by atoms with Gasteiger partial charge in [-0.25, -0.2) is 0 Å². The van der Waals surface area contributed by atoms with Gasteiger partial charge in [0.2, 0.25) is 0 Å². The van der Waals surface area contributed by atoms with Gasteiger partial charge in [-0.2, -0.15) is 0 Å². The van der Waals surface area contributed by atoms with Crippen molar-refractivity contribution in [1.82, 2.24) is 0 Å². The minimum atomic E-state index is 0.767. The third-order valence-corrected chi connectivity index (χ3v) is 1.65. The van der Waals surface area contributed by atoms with E-state index in [0.717, 1.165) is 22.1 Å². The number of hydrogen-bond donors (Lipinski definition) is 0. The molecule has 0 aliphatic rings. The third kappa shape index (κ3) is 1.26. The fourth-order valence-electron chi connectivity index (χ4n) is 0.887. The van der Waals surface area contributed by atoms with Crippen LogP contribution in [0.4, 0.5) is 0 Å². The molecule has 0 aliphatic heterocycles. The van der Waals surface area contributed by atoms with E-state index < -0.39 is 0 Å². The van der Waals surface area contributed by atoms with Crippen molar-refractivity contribution in [3.05, 3.63) is 23.3 Å². The Morgan fingerprint density at radius 2 is 1.30 bits per heavy atom. The van der Waals surface area contributed by atoms with Crippen molar-refractivity contribution in [3.8, 4) is 0 Å². The molecule has 0 bridgehead atoms. The van der Waals surface area contributed by atoms with Gasteiger partial charge in [-0.1, -0.05) is 34.2 Å². The molecule has 0 N–H and O–H groups in total. The van der Waals surface area contributed by atoms with Crippen LogP contribution in [0.2, 0.25) is 0 Å². The summed E-state index contributed by atoms with van der Waals surface area (Å²) in [5, 5.41) is 0. The smallest absolute Gasteiger partial charge is 0.0944 e. The molecule has 0 aliphatic carbocycles. The minimum Gasteiger partial charge on any atom is -0.0944 e. The minimum absolute atomic E-state index is 0.767. The first kappa shape index (κ1) is 7.46. The maximum Gasteiger partial charge on any atom is 0.114 e. The molecule has 1 rings (SSSR count). The van der Waals surface area contributed by atoms with Crippen LogP contribution in [0.3, 0.4) is 0 Å². The van der Waals surface area contributed by atoms with Crippen LogP contribution in [0.25, 0.3) is 0 Å². The average Bonchev–Trinajstić information content (AvgIpc) is 1.84. The van der Waals surface area contributed by atoms with Crippen LogP contribution in [0.5, 0.6) is 0 Å². The van der Waals surface area contributed by atoms with E-state index in [1.807, 2.05) is 19.9 Å². The highest BCUT2D eigenvalue weighted by Gasteiger charge is 1.94. The lowest BCUT2D eigenvalue weighted by Crippen LogP contribution is -2.18. The second-order valence-electron chi connectivity index (χ2n) is 2.57. The highest BCUT2D eigenvalue weighted by atomic mass is 13.9. The molecule has 46 valence electrons. The van der Waals surface area contributed by atoms with Crippen LogP contribution in [-0.2, 0) is 0 Å². The lowest BCUT2D eigenvalue weighted by molar-refractivity contribution is 1.44. The first-order chi connectivity index (χ1) is 4.61. The van der Waals surface area contributed by atoms with Crippen molar-refractivity contribution in [3.63, 3.8) is 0 Å². The van der Waals surface area contributed by atoms with Gasteiger partial charge in [-0.15, -0.1) is 0 Å². The van der Waals surface area contributed by atoms with E-state index in [2.05, 4.69) is 0 Å². The van der Waals surface area contributed by atoms with Crippen LogP contribution in [0, 0.1) is 13.8 Å². The van der Waals surface area contributed by atoms with Gasteiger partial charge in [0.05, 0.1) is 0 Å². The van der Waals surface area contributed by atoms with Gasteiger partial charge in [-0.05, 0) is 13.8 Å². The molecule has 0 fully saturated rings. The first-order valence-electron chi connectivity index (χ1n) is 3.23. The second-order valence-corrected chi connectivity index (χ2v) is 2.57. The van der Waals surface area contributed by atoms with E-state index in [9.17, 15) is 0 Å². The second kappa shape index (κ2) is 2.53. The van der Waals surface area contributed by atoms with Crippen LogP contribution in [0.15, 0.2) is 12.1 Å². The molecule has 0 spiro atoms. The molecule has 0 nitrogen and oxygen atoms in total. The summed E-state index contributed by atoms with van der Waals surface area (Å²) in [6.45, 7) is 3.95. The van der Waals surface area contributed by atoms with Crippen molar-refractivity contribution < 1.29 is 0 Å². The Kier molecular flexibility index (Phi) is 1.89. The van der Waals surface area contributed by atoms with Crippen LogP contribution in [0.1, 0.15) is 11.1 Å². The molecule has 0 unspecified atom stereocenters. The highest BCUT2D eigenvalue weighted by molar-refractivity contribution is 6.39. The maximum absolute atomic E-state index is 5.61. The lowest BCUT2D eigenvalue weighted by Gasteiger charge is -2.05. The molecule has 10 heavy (non-hydrogen) atoms. The molecule has 0 heterocycles. The molecule has 0 saturated heterocycles. The van der Waals surface area contributed by atoms with E-state index >= 15 is 0 Å². The summed E-state index contributed by atoms with van der Waals surface area (Å²) in [5.74, 6) is 0. The van der Waals surface area contributed by atoms with Crippen molar-refractivity contribution >= 4 is 26.6 Å². The van der Waals surface area contributed by atoms with Crippen LogP contribution < -0.4 is 10.9 Å². The summed E-state index contributed by atoms with van der Waals surface area (Å²) in [7, 11) is 11.2. The zero-order valence-electron chi connectivity index (χ0n) is 6.31. The molecule has 1 aromatic rings. The van der Waals surface area contributed by atoms with Gasteiger partial charge in [0.1, 0.15) is 15.7 Å². The lowest BCUT2D eigenvalue weighted by atomic mass is 9.82. The number of benzene rings is 1. The van der Waals surface area contributed by atoms with Crippen molar-refractivity contribution in [2.75, 3.05) is 0 Å². The Hall–Kier alpha value is -0.650. The summed E-state index contributed by atoms with van der Waals surface area (Å²) in [6, 6.07) is 3.79. The van der Waals surface area contributed by atoms with E-state index in [1.54, 1.807) is 6.07 Å². The van der Waals surface area contributed by atoms with Gasteiger partial charge < -0.3 is 0 Å². The molecule has 2 heteroatoms. The van der Waals surface area contributed by atoms with E-state index in [-0.39, 0.29) is 0 Å². The first-order valence-corrected chi connectivity index (χ1v) is 3.23. The number of aryl methyl sites for hydroxylation is 2. The van der Waals surface area contributed by atoms with Crippen LogP contribution in [-0.4, -0.2) is 15.7 Å². The average molecular weight is 126 g/mol. The highest BCUT2D eigenvalue weighted by Crippen LogP contribution is 1.94. The quantitative estimate of drug-likeness (QED) is 0.425. The van der Waals surface area contributed by atoms with Crippen molar-refractivity contribution in [2.24, 2.45) is 0 Å². The standard InChI is InChI=1S/C8H8B2/c1-5-3-6(2)8(10)4-7(5)9/h3-4H,1-2H3. The van der Waals surface area contributed by atoms with Gasteiger partial charge in [0.15, 0.2) is 0 Å². The molecule has 0 amide bonds. The maximum atomic E-state index is 5.61. The molecule has 0 saturated carbocycles. The van der Waals surface area contributed by atoms with Crippen LogP contribution >= 0.6 is 0 Å². The summed E-state index contributed by atoms with van der Waals surface area (Å²) < 4.78 is 0. The Morgan fingerprint density at radius 1 is 0.900 bits per heavy atom. The topological polar surface area (TPSA) is 0 Å². The van der Waals surface area contributed by atoms with Gasteiger partial charge in [0, 0.05) is 0 Å². The Labute approximate surface area is 64.5 Å². The summed E-state index contributed by atoms with van der Waals surface area (Å²) in [5.41, 5.74) is 3.71. The van der Waals surface area contributed by atoms with Gasteiger partial charge in [-0.3, -0.25) is 0 Å². The fraction of sp³-hybridized carbons (Fsp3) is 0.250. The van der Waals surface area contributed by atoms with Crippen molar-refractivity contribution in [2.45, 2.75) is 13.8 Å². The molecule has 0 atom stereocenters. The summed E-state index contributed by atoms with van der Waals surface area (Å²) in [6.07, 6.45) is 0. The predicted octanol–water partition coefficient (Wildman–Crippen LogP) is -0.109. The van der Waals surface area contributed by atoms with Gasteiger partial charge in [0.25, 0.3) is 0 Å². The molecule has 1 aromatic carbocycles. The Morgan fingerprint density at radius 3 is 1.60 bits per heavy atom. The zero-order chi connectivity index (χ0) is 7.72. The largest absolute Gasteiger partial charge is 0.114 e. The Bertz CT molecular complexity index is 203. The predicted molar refractivity (Wildman–Crippen MR) is 46.7 cm³/mol. The van der Waals surface area contributed by atoms with Crippen molar-refractivity contribution in [1.29, 1.82) is 0 Å². The molecular weight excluding hydrogens is 118 g/mol. The molecular formula is C8H8B2. The normalized spacial score (nSPS) is 9.80. The fourth-order valence-corrected chi connectivity index (χ4v) is 0.887. The third-order valence-electron chi connectivity index (χ3n) is 1.65. The molecule has 0 aromatic heterocycles. The SMILES string of the molecule is [B]c1cc([B])c(C)cc1C. The monoisotopic (exact) mass is 126 g/mol. The Balaban J connectivity index is 3.28. The number of hydrogen-bond acceptors (Lipinski definition) is 0. The number of rotatable bonds is 0. The van der Waals surface area contributed by atoms with E-state index in [1.165, 1.54) is 0 Å². The summed E-state index contributed by atoms with van der Waals surface area (Å²) >= 11 is 0. The van der Waals surface area contributed by atoms with E-state index in [4.69, 9.17) is 15.7 Å².